The van der Waals surface area contributed by atoms with Gasteiger partial charge in [-0.25, -0.2) is 0 Å². The minimum absolute atomic E-state index is 0.152. The van der Waals surface area contributed by atoms with E-state index in [4.69, 9.17) is 0 Å². The summed E-state index contributed by atoms with van der Waals surface area (Å²) in [5.74, 6) is -1.17. The zero-order valence-corrected chi connectivity index (χ0v) is 27.6. The summed E-state index contributed by atoms with van der Waals surface area (Å²) in [5, 5.41) is 26.8. The lowest BCUT2D eigenvalue weighted by atomic mass is 9.95. The van der Waals surface area contributed by atoms with Crippen LogP contribution in [0.5, 0.6) is 0 Å². The third-order valence-electron chi connectivity index (χ3n) is 9.38. The highest BCUT2D eigenvalue weighted by Crippen LogP contribution is 2.20. The third kappa shape index (κ3) is 9.10. The van der Waals surface area contributed by atoms with Gasteiger partial charge >= 0.3 is 0 Å². The molecule has 5 aromatic carbocycles. The molecule has 8 nitrogen and oxygen atoms in total. The second-order valence-corrected chi connectivity index (χ2v) is 13.0. The molecule has 0 aromatic heterocycles. The Morgan fingerprint density at radius 1 is 0.592 bits per heavy atom. The van der Waals surface area contributed by atoms with Crippen molar-refractivity contribution < 1.29 is 19.5 Å². The average Bonchev–Trinajstić information content (AvgIpc) is 3.14. The maximum atomic E-state index is 14.2. The maximum Gasteiger partial charge on any atom is 0.243 e. The van der Waals surface area contributed by atoms with Gasteiger partial charge in [-0.2, -0.15) is 0 Å². The molecule has 5 N–H and O–H groups in total. The molecule has 0 radical (unpaired) electrons. The van der Waals surface area contributed by atoms with Crippen molar-refractivity contribution in [1.29, 1.82) is 0 Å². The second kappa shape index (κ2) is 16.4. The summed E-state index contributed by atoms with van der Waals surface area (Å²) in [6.07, 6.45) is 2.35. The van der Waals surface area contributed by atoms with Crippen molar-refractivity contribution in [2.75, 3.05) is 19.7 Å². The largest absolute Gasteiger partial charge is 0.394 e. The van der Waals surface area contributed by atoms with Crippen molar-refractivity contribution in [3.63, 3.8) is 0 Å². The van der Waals surface area contributed by atoms with Gasteiger partial charge in [0, 0.05) is 18.8 Å². The van der Waals surface area contributed by atoms with Gasteiger partial charge in [0.15, 0.2) is 0 Å². The highest BCUT2D eigenvalue weighted by molar-refractivity contribution is 5.93. The molecule has 1 aliphatic heterocycles. The van der Waals surface area contributed by atoms with Crippen LogP contribution < -0.4 is 21.3 Å². The number of aliphatic hydroxyl groups excluding tert-OH is 1. The van der Waals surface area contributed by atoms with Gasteiger partial charge in [-0.15, -0.1) is 0 Å². The van der Waals surface area contributed by atoms with E-state index in [-0.39, 0.29) is 31.3 Å². The van der Waals surface area contributed by atoms with Gasteiger partial charge < -0.3 is 26.4 Å². The molecule has 0 saturated carbocycles. The summed E-state index contributed by atoms with van der Waals surface area (Å²) in [6, 6.07) is 35.3. The van der Waals surface area contributed by atoms with Crippen LogP contribution in [0.25, 0.3) is 21.5 Å². The Morgan fingerprint density at radius 2 is 1.10 bits per heavy atom. The van der Waals surface area contributed by atoms with E-state index < -0.39 is 29.9 Å². The van der Waals surface area contributed by atoms with Crippen LogP contribution in [0.3, 0.4) is 0 Å². The van der Waals surface area contributed by atoms with E-state index in [1.54, 1.807) is 0 Å². The first-order valence-electron chi connectivity index (χ1n) is 17.2. The van der Waals surface area contributed by atoms with Gasteiger partial charge in [0.25, 0.3) is 0 Å². The number of rotatable bonds is 13. The van der Waals surface area contributed by atoms with Gasteiger partial charge in [-0.05, 0) is 70.6 Å². The fourth-order valence-electron chi connectivity index (χ4n) is 6.63. The Hall–Kier alpha value is -5.05. The van der Waals surface area contributed by atoms with Crippen LogP contribution in [-0.4, -0.2) is 60.6 Å². The predicted molar refractivity (Wildman–Crippen MR) is 194 cm³/mol. The molecule has 6 rings (SSSR count). The number of carbonyl (C=O) groups is 3. The molecular formula is C41H44N4O4. The number of hydrogen-bond donors (Lipinski definition) is 5. The Balaban J connectivity index is 1.26. The lowest BCUT2D eigenvalue weighted by Gasteiger charge is -2.27. The number of piperidine rings is 1. The van der Waals surface area contributed by atoms with E-state index in [0.29, 0.717) is 19.3 Å². The molecule has 3 atom stereocenters. The van der Waals surface area contributed by atoms with Crippen molar-refractivity contribution in [1.82, 2.24) is 21.3 Å². The van der Waals surface area contributed by atoms with E-state index in [2.05, 4.69) is 21.3 Å². The predicted octanol–water partition coefficient (Wildman–Crippen LogP) is 4.47. The van der Waals surface area contributed by atoms with Gasteiger partial charge in [0.2, 0.25) is 17.7 Å². The number of fused-ring (bicyclic) bond motifs is 2. The Morgan fingerprint density at radius 3 is 1.67 bits per heavy atom. The molecule has 3 amide bonds. The van der Waals surface area contributed by atoms with Gasteiger partial charge in [0.1, 0.15) is 12.1 Å². The van der Waals surface area contributed by atoms with Crippen LogP contribution >= 0.6 is 0 Å². The minimum Gasteiger partial charge on any atom is -0.394 e. The summed E-state index contributed by atoms with van der Waals surface area (Å²) in [4.78, 5) is 41.7. The first-order valence-corrected chi connectivity index (χ1v) is 17.2. The molecule has 0 aliphatic carbocycles. The molecule has 8 heteroatoms. The molecule has 0 bridgehead atoms. The molecule has 1 aliphatic rings. The molecule has 0 spiro atoms. The average molecular weight is 657 g/mol. The molecule has 5 aromatic rings. The van der Waals surface area contributed by atoms with Gasteiger partial charge in [-0.3, -0.25) is 14.4 Å². The molecule has 252 valence electrons. The van der Waals surface area contributed by atoms with Crippen LogP contribution in [-0.2, 0) is 33.6 Å². The first-order chi connectivity index (χ1) is 23.9. The van der Waals surface area contributed by atoms with Crippen molar-refractivity contribution in [3.05, 3.63) is 132 Å². The topological polar surface area (TPSA) is 120 Å². The minimum atomic E-state index is -0.951. The van der Waals surface area contributed by atoms with Crippen molar-refractivity contribution in [2.45, 2.75) is 50.2 Å². The smallest absolute Gasteiger partial charge is 0.243 e. The van der Waals surface area contributed by atoms with Crippen molar-refractivity contribution in [3.8, 4) is 0 Å². The quantitative estimate of drug-likeness (QED) is 0.128. The van der Waals surface area contributed by atoms with Crippen molar-refractivity contribution in [2.24, 2.45) is 5.92 Å². The molecule has 1 heterocycles. The van der Waals surface area contributed by atoms with E-state index in [1.807, 2.05) is 115 Å². The van der Waals surface area contributed by atoms with Gasteiger partial charge in [-0.1, -0.05) is 115 Å². The Bertz CT molecular complexity index is 1890. The Labute approximate surface area is 287 Å². The second-order valence-electron chi connectivity index (χ2n) is 13.0. The number of amides is 3. The van der Waals surface area contributed by atoms with E-state index in [1.165, 1.54) is 0 Å². The Kier molecular flexibility index (Phi) is 11.3. The fraction of sp³-hybridized carbons (Fsp3) is 0.293. The van der Waals surface area contributed by atoms with Crippen LogP contribution in [0, 0.1) is 5.92 Å². The molecular weight excluding hydrogens is 612 g/mol. The lowest BCUT2D eigenvalue weighted by Crippen LogP contribution is -2.57. The van der Waals surface area contributed by atoms with Crippen molar-refractivity contribution >= 4 is 39.3 Å². The van der Waals surface area contributed by atoms with Crippen LogP contribution in [0.15, 0.2) is 115 Å². The SMILES string of the molecule is O=C(N[C@H](Cc1ccc2ccccc2c1)C(=O)N[C@H](Cc1ccc2ccccc2c1)C(=O)N[C@H](CO)Cc1ccccc1)C1CCNCC1. The molecule has 1 fully saturated rings. The highest BCUT2D eigenvalue weighted by Gasteiger charge is 2.31. The van der Waals surface area contributed by atoms with Crippen LogP contribution in [0.2, 0.25) is 0 Å². The number of benzene rings is 5. The highest BCUT2D eigenvalue weighted by atomic mass is 16.3. The normalized spacial score (nSPS) is 15.3. The molecule has 0 unspecified atom stereocenters. The number of carbonyl (C=O) groups excluding carboxylic acids is 3. The van der Waals surface area contributed by atoms with E-state index in [9.17, 15) is 19.5 Å². The fourth-order valence-corrected chi connectivity index (χ4v) is 6.63. The summed E-state index contributed by atoms with van der Waals surface area (Å²) < 4.78 is 0. The monoisotopic (exact) mass is 656 g/mol. The van der Waals surface area contributed by atoms with E-state index in [0.717, 1.165) is 51.3 Å². The number of hydrogen-bond acceptors (Lipinski definition) is 5. The molecule has 1 saturated heterocycles. The van der Waals surface area contributed by atoms with E-state index >= 15 is 0 Å². The third-order valence-corrected chi connectivity index (χ3v) is 9.38. The maximum absolute atomic E-state index is 14.2. The zero-order valence-electron chi connectivity index (χ0n) is 27.6. The summed E-state index contributed by atoms with van der Waals surface area (Å²) in [7, 11) is 0. The van der Waals surface area contributed by atoms with Crippen LogP contribution in [0.4, 0.5) is 0 Å². The standard InChI is InChI=1S/C41H44N4O4/c46-27-36(24-28-8-2-1-3-9-28)43-40(48)37(25-29-14-16-31-10-4-6-12-34(31)22-29)45-41(49)38(44-39(47)33-18-20-42-21-19-33)26-30-15-17-32-11-5-7-13-35(32)23-30/h1-17,22-23,33,36-38,42,46H,18-21,24-27H2,(H,43,48)(H,44,47)(H,45,49)/t36-,37+,38+/m0/s1. The summed E-state index contributed by atoms with van der Waals surface area (Å²) in [5.41, 5.74) is 2.77. The summed E-state index contributed by atoms with van der Waals surface area (Å²) in [6.45, 7) is 1.25. The number of aliphatic hydroxyl groups is 1. The zero-order chi connectivity index (χ0) is 34.0. The lowest BCUT2D eigenvalue weighted by molar-refractivity contribution is -0.133. The molecule has 49 heavy (non-hydrogen) atoms. The van der Waals surface area contributed by atoms with Gasteiger partial charge in [0.05, 0.1) is 12.6 Å². The number of nitrogens with one attached hydrogen (secondary N) is 4. The van der Waals surface area contributed by atoms with Crippen LogP contribution in [0.1, 0.15) is 29.5 Å². The first kappa shape index (κ1) is 33.8. The summed E-state index contributed by atoms with van der Waals surface area (Å²) >= 11 is 0.